The minimum Gasteiger partial charge on any atom is -0.382 e. The van der Waals surface area contributed by atoms with Gasteiger partial charge in [-0.25, -0.2) is 0 Å². The van der Waals surface area contributed by atoms with E-state index < -0.39 is 0 Å². The number of nitrogens with zero attached hydrogens (tertiary/aromatic N) is 2. The Bertz CT molecular complexity index is 350. The first-order valence-electron chi connectivity index (χ1n) is 6.96. The van der Waals surface area contributed by atoms with Gasteiger partial charge in [0.25, 0.3) is 0 Å². The van der Waals surface area contributed by atoms with Gasteiger partial charge in [0.15, 0.2) is 0 Å². The van der Waals surface area contributed by atoms with Crippen molar-refractivity contribution in [3.8, 4) is 0 Å². The molecule has 110 valence electrons. The summed E-state index contributed by atoms with van der Waals surface area (Å²) in [6, 6.07) is 0.497. The lowest BCUT2D eigenvalue weighted by molar-refractivity contribution is 0.0676. The highest BCUT2D eigenvalue weighted by Gasteiger charge is 2.06. The quantitative estimate of drug-likeness (QED) is 0.657. The number of rotatable bonds is 10. The normalized spacial score (nSPS) is 11.4. The van der Waals surface area contributed by atoms with Gasteiger partial charge in [0.1, 0.15) is 0 Å². The molecule has 19 heavy (non-hydrogen) atoms. The molecule has 0 aliphatic heterocycles. The molecule has 0 amide bonds. The molecule has 0 fully saturated rings. The minimum atomic E-state index is 0.497. The van der Waals surface area contributed by atoms with Crippen LogP contribution in [0.3, 0.4) is 0 Å². The van der Waals surface area contributed by atoms with E-state index in [1.165, 1.54) is 11.3 Å². The van der Waals surface area contributed by atoms with E-state index in [0.717, 1.165) is 26.1 Å². The zero-order valence-corrected chi connectivity index (χ0v) is 12.6. The van der Waals surface area contributed by atoms with Gasteiger partial charge in [-0.1, -0.05) is 13.8 Å². The fraction of sp³-hybridized carbons (Fsp3) is 0.786. The third-order valence-corrected chi connectivity index (χ3v) is 3.00. The Kier molecular flexibility index (Phi) is 7.70. The monoisotopic (exact) mass is 269 g/mol. The van der Waals surface area contributed by atoms with E-state index in [-0.39, 0.29) is 0 Å². The van der Waals surface area contributed by atoms with Crippen molar-refractivity contribution < 1.29 is 9.47 Å². The zero-order valence-electron chi connectivity index (χ0n) is 12.6. The number of aromatic nitrogens is 2. The molecular weight excluding hydrogens is 242 g/mol. The Hall–Kier alpha value is -0.910. The van der Waals surface area contributed by atoms with Crippen LogP contribution in [0.1, 0.15) is 31.5 Å². The molecule has 0 aliphatic rings. The second-order valence-electron chi connectivity index (χ2n) is 4.97. The molecule has 0 unspecified atom stereocenters. The van der Waals surface area contributed by atoms with Crippen LogP contribution in [0.5, 0.6) is 0 Å². The Morgan fingerprint density at radius 2 is 2.11 bits per heavy atom. The lowest BCUT2D eigenvalue weighted by Crippen LogP contribution is -2.22. The Morgan fingerprint density at radius 1 is 1.32 bits per heavy atom. The molecule has 0 radical (unpaired) electrons. The summed E-state index contributed by atoms with van der Waals surface area (Å²) < 4.78 is 12.4. The van der Waals surface area contributed by atoms with E-state index in [1.807, 2.05) is 6.20 Å². The van der Waals surface area contributed by atoms with Crippen molar-refractivity contribution >= 4 is 0 Å². The van der Waals surface area contributed by atoms with E-state index in [1.54, 1.807) is 7.11 Å². The lowest BCUT2D eigenvalue weighted by atomic mass is 10.2. The lowest BCUT2D eigenvalue weighted by Gasteiger charge is -2.09. The van der Waals surface area contributed by atoms with Crippen LogP contribution in [-0.4, -0.2) is 42.8 Å². The molecule has 0 bridgehead atoms. The third kappa shape index (κ3) is 6.18. The predicted molar refractivity (Wildman–Crippen MR) is 76.3 cm³/mol. The van der Waals surface area contributed by atoms with Gasteiger partial charge >= 0.3 is 0 Å². The highest BCUT2D eigenvalue weighted by Crippen LogP contribution is 2.07. The van der Waals surface area contributed by atoms with Crippen molar-refractivity contribution in [3.05, 3.63) is 17.5 Å². The molecule has 0 saturated carbocycles. The van der Waals surface area contributed by atoms with Crippen LogP contribution in [0.2, 0.25) is 0 Å². The van der Waals surface area contributed by atoms with Crippen molar-refractivity contribution in [1.29, 1.82) is 0 Å². The molecule has 0 atom stereocenters. The van der Waals surface area contributed by atoms with E-state index in [9.17, 15) is 0 Å². The maximum absolute atomic E-state index is 5.44. The first-order chi connectivity index (χ1) is 9.15. The zero-order chi connectivity index (χ0) is 14.1. The molecule has 5 nitrogen and oxygen atoms in total. The summed E-state index contributed by atoms with van der Waals surface area (Å²) in [6.45, 7) is 10.3. The smallest absolute Gasteiger partial charge is 0.0700 e. The average molecular weight is 269 g/mol. The first-order valence-corrected chi connectivity index (χ1v) is 6.96. The number of aryl methyl sites for hydroxylation is 1. The molecule has 0 saturated heterocycles. The van der Waals surface area contributed by atoms with Gasteiger partial charge in [-0.3, -0.25) is 4.68 Å². The van der Waals surface area contributed by atoms with Crippen molar-refractivity contribution in [2.24, 2.45) is 0 Å². The standard InChI is InChI=1S/C14H27N3O2/c1-12(2)15-10-14-11-16-17(13(14)3)6-5-7-19-9-8-18-4/h11-12,15H,5-10H2,1-4H3. The van der Waals surface area contributed by atoms with E-state index >= 15 is 0 Å². The number of methoxy groups -OCH3 is 1. The first kappa shape index (κ1) is 16.1. The van der Waals surface area contributed by atoms with Crippen LogP contribution >= 0.6 is 0 Å². The second kappa shape index (κ2) is 9.07. The largest absolute Gasteiger partial charge is 0.382 e. The van der Waals surface area contributed by atoms with E-state index in [0.29, 0.717) is 19.3 Å². The highest BCUT2D eigenvalue weighted by atomic mass is 16.5. The van der Waals surface area contributed by atoms with Crippen LogP contribution in [0, 0.1) is 6.92 Å². The fourth-order valence-electron chi connectivity index (χ4n) is 1.76. The third-order valence-electron chi connectivity index (χ3n) is 3.00. The predicted octanol–water partition coefficient (Wildman–Crippen LogP) is 1.74. The van der Waals surface area contributed by atoms with Gasteiger partial charge in [-0.2, -0.15) is 5.10 Å². The Labute approximate surface area is 116 Å². The molecule has 1 N–H and O–H groups in total. The van der Waals surface area contributed by atoms with Crippen molar-refractivity contribution in [2.45, 2.75) is 46.3 Å². The summed E-state index contributed by atoms with van der Waals surface area (Å²) in [5, 5.41) is 7.84. The van der Waals surface area contributed by atoms with Crippen LogP contribution in [-0.2, 0) is 22.6 Å². The fourth-order valence-corrected chi connectivity index (χ4v) is 1.76. The molecule has 1 rings (SSSR count). The van der Waals surface area contributed by atoms with Crippen LogP contribution < -0.4 is 5.32 Å². The van der Waals surface area contributed by atoms with Crippen LogP contribution in [0.4, 0.5) is 0 Å². The summed E-state index contributed by atoms with van der Waals surface area (Å²) in [7, 11) is 1.68. The van der Waals surface area contributed by atoms with Crippen LogP contribution in [0.15, 0.2) is 6.20 Å². The maximum Gasteiger partial charge on any atom is 0.0700 e. The molecule has 1 aromatic rings. The summed E-state index contributed by atoms with van der Waals surface area (Å²) >= 11 is 0. The maximum atomic E-state index is 5.44. The Balaban J connectivity index is 2.26. The van der Waals surface area contributed by atoms with Crippen molar-refractivity contribution in [3.63, 3.8) is 0 Å². The van der Waals surface area contributed by atoms with Gasteiger partial charge in [-0.15, -0.1) is 0 Å². The summed E-state index contributed by atoms with van der Waals surface area (Å²) in [6.07, 6.45) is 2.93. The van der Waals surface area contributed by atoms with Crippen molar-refractivity contribution in [1.82, 2.24) is 15.1 Å². The van der Waals surface area contributed by atoms with E-state index in [4.69, 9.17) is 9.47 Å². The molecule has 0 aliphatic carbocycles. The topological polar surface area (TPSA) is 48.3 Å². The second-order valence-corrected chi connectivity index (χ2v) is 4.97. The van der Waals surface area contributed by atoms with Gasteiger partial charge in [0.05, 0.1) is 19.4 Å². The van der Waals surface area contributed by atoms with Gasteiger partial charge in [0.2, 0.25) is 0 Å². The summed E-state index contributed by atoms with van der Waals surface area (Å²) in [4.78, 5) is 0. The SMILES string of the molecule is COCCOCCCn1ncc(CNC(C)C)c1C. The molecule has 0 aromatic carbocycles. The number of hydrogen-bond acceptors (Lipinski definition) is 4. The number of hydrogen-bond donors (Lipinski definition) is 1. The molecule has 1 heterocycles. The van der Waals surface area contributed by atoms with Crippen LogP contribution in [0.25, 0.3) is 0 Å². The highest BCUT2D eigenvalue weighted by molar-refractivity contribution is 5.15. The van der Waals surface area contributed by atoms with Crippen molar-refractivity contribution in [2.75, 3.05) is 26.9 Å². The Morgan fingerprint density at radius 3 is 2.79 bits per heavy atom. The molecule has 0 spiro atoms. The van der Waals surface area contributed by atoms with Gasteiger partial charge in [0, 0.05) is 44.1 Å². The van der Waals surface area contributed by atoms with E-state index in [2.05, 4.69) is 35.9 Å². The number of ether oxygens (including phenoxy) is 2. The summed E-state index contributed by atoms with van der Waals surface area (Å²) in [5.74, 6) is 0. The minimum absolute atomic E-state index is 0.497. The average Bonchev–Trinajstić information content (AvgIpc) is 2.72. The number of nitrogens with one attached hydrogen (secondary N) is 1. The van der Waals surface area contributed by atoms with Gasteiger partial charge in [-0.05, 0) is 13.3 Å². The van der Waals surface area contributed by atoms with Gasteiger partial charge < -0.3 is 14.8 Å². The molecule has 5 heteroatoms. The summed E-state index contributed by atoms with van der Waals surface area (Å²) in [5.41, 5.74) is 2.51. The molecular formula is C14H27N3O2. The molecule has 1 aromatic heterocycles.